The van der Waals surface area contributed by atoms with Gasteiger partial charge in [-0.2, -0.15) is 0 Å². The van der Waals surface area contributed by atoms with Crippen molar-refractivity contribution in [3.8, 4) is 0 Å². The Kier molecular flexibility index (Phi) is 4.45. The molecule has 142 valence electrons. The Balaban J connectivity index is 1.43. The number of para-hydroxylation sites is 1. The first-order valence-corrected chi connectivity index (χ1v) is 10.1. The van der Waals surface area contributed by atoms with Crippen molar-refractivity contribution in [3.05, 3.63) is 66.0 Å². The number of rotatable bonds is 4. The maximum absolute atomic E-state index is 6.19. The molecule has 0 radical (unpaired) electrons. The highest BCUT2D eigenvalue weighted by Gasteiger charge is 2.25. The number of anilines is 1. The molecule has 28 heavy (non-hydrogen) atoms. The minimum Gasteiger partial charge on any atom is -0.450 e. The molecule has 2 aromatic heterocycles. The van der Waals surface area contributed by atoms with E-state index >= 15 is 0 Å². The van der Waals surface area contributed by atoms with Gasteiger partial charge in [0.1, 0.15) is 23.5 Å². The molecule has 0 bridgehead atoms. The van der Waals surface area contributed by atoms with Gasteiger partial charge in [0.25, 0.3) is 0 Å². The molecule has 1 aliphatic heterocycles. The van der Waals surface area contributed by atoms with Crippen LogP contribution in [0, 0.1) is 0 Å². The fourth-order valence-corrected chi connectivity index (χ4v) is 4.09. The number of quaternary nitrogens is 1. The van der Waals surface area contributed by atoms with Crippen LogP contribution in [0.15, 0.2) is 59.0 Å². The third-order valence-corrected chi connectivity index (χ3v) is 5.63. The third-order valence-electron chi connectivity index (χ3n) is 5.63. The van der Waals surface area contributed by atoms with Crippen molar-refractivity contribution in [3.63, 3.8) is 0 Å². The Bertz CT molecular complexity index is 1100. The number of benzene rings is 2. The molecule has 4 aromatic rings. The van der Waals surface area contributed by atoms with Gasteiger partial charge in [-0.3, -0.25) is 0 Å². The zero-order valence-corrected chi connectivity index (χ0v) is 16.2. The number of piperazine rings is 1. The lowest BCUT2D eigenvalue weighted by Gasteiger charge is -2.33. The molecule has 5 heteroatoms. The maximum Gasteiger partial charge on any atom is 0.196 e. The van der Waals surface area contributed by atoms with Gasteiger partial charge in [-0.25, -0.2) is 9.97 Å². The highest BCUT2D eigenvalue weighted by Crippen LogP contribution is 2.32. The van der Waals surface area contributed by atoms with Crippen molar-refractivity contribution in [2.45, 2.75) is 19.9 Å². The predicted molar refractivity (Wildman–Crippen MR) is 112 cm³/mol. The van der Waals surface area contributed by atoms with E-state index in [1.54, 1.807) is 4.90 Å². The average Bonchev–Trinajstić information content (AvgIpc) is 3.13. The van der Waals surface area contributed by atoms with Gasteiger partial charge in [0.05, 0.1) is 26.2 Å². The highest BCUT2D eigenvalue weighted by atomic mass is 16.3. The van der Waals surface area contributed by atoms with Gasteiger partial charge in [-0.1, -0.05) is 49.4 Å². The lowest BCUT2D eigenvalue weighted by Crippen LogP contribution is -3.13. The van der Waals surface area contributed by atoms with E-state index in [4.69, 9.17) is 14.4 Å². The molecule has 2 aromatic carbocycles. The highest BCUT2D eigenvalue weighted by molar-refractivity contribution is 6.05. The van der Waals surface area contributed by atoms with Crippen molar-refractivity contribution in [2.24, 2.45) is 0 Å². The van der Waals surface area contributed by atoms with Crippen LogP contribution in [-0.4, -0.2) is 36.1 Å². The van der Waals surface area contributed by atoms with E-state index in [1.165, 1.54) is 5.56 Å². The van der Waals surface area contributed by atoms with Crippen LogP contribution >= 0.6 is 0 Å². The minimum atomic E-state index is 0.821. The summed E-state index contributed by atoms with van der Waals surface area (Å²) >= 11 is 0. The Morgan fingerprint density at radius 1 is 0.964 bits per heavy atom. The molecule has 5 nitrogen and oxygen atoms in total. The Labute approximate surface area is 164 Å². The first kappa shape index (κ1) is 17.2. The number of fused-ring (bicyclic) bond motifs is 3. The van der Waals surface area contributed by atoms with Gasteiger partial charge in [0.15, 0.2) is 11.4 Å². The van der Waals surface area contributed by atoms with E-state index in [1.807, 2.05) is 18.2 Å². The van der Waals surface area contributed by atoms with Crippen molar-refractivity contribution >= 4 is 27.9 Å². The smallest absolute Gasteiger partial charge is 0.196 e. The predicted octanol–water partition coefficient (Wildman–Crippen LogP) is 2.84. The van der Waals surface area contributed by atoms with Gasteiger partial charge in [-0.15, -0.1) is 0 Å². The molecule has 0 aliphatic carbocycles. The molecule has 1 fully saturated rings. The fraction of sp³-hybridized carbons (Fsp3) is 0.304. The summed E-state index contributed by atoms with van der Waals surface area (Å²) in [6, 6.07) is 18.9. The number of aryl methyl sites for hydroxylation is 1. The SMILES string of the molecule is CCc1nc(N2CC[NH+](Cc3ccccc3)CC2)c2oc3ccccc3c2n1. The van der Waals surface area contributed by atoms with Crippen LogP contribution in [0.2, 0.25) is 0 Å². The zero-order chi connectivity index (χ0) is 18.9. The normalized spacial score (nSPS) is 15.5. The second-order valence-electron chi connectivity index (χ2n) is 7.49. The Hall–Kier alpha value is -2.92. The second-order valence-corrected chi connectivity index (χ2v) is 7.49. The van der Waals surface area contributed by atoms with E-state index in [0.717, 1.165) is 72.9 Å². The molecule has 0 saturated carbocycles. The van der Waals surface area contributed by atoms with Gasteiger partial charge in [-0.05, 0) is 12.1 Å². The first-order chi connectivity index (χ1) is 13.8. The second kappa shape index (κ2) is 7.24. The monoisotopic (exact) mass is 373 g/mol. The lowest BCUT2D eigenvalue weighted by atomic mass is 10.2. The summed E-state index contributed by atoms with van der Waals surface area (Å²) < 4.78 is 6.19. The molecular formula is C23H25N4O+. The van der Waals surface area contributed by atoms with E-state index in [9.17, 15) is 0 Å². The average molecular weight is 373 g/mol. The van der Waals surface area contributed by atoms with Crippen molar-refractivity contribution < 1.29 is 9.32 Å². The number of furan rings is 1. The van der Waals surface area contributed by atoms with Crippen molar-refractivity contribution in [1.82, 2.24) is 9.97 Å². The van der Waals surface area contributed by atoms with Crippen LogP contribution in [0.1, 0.15) is 18.3 Å². The third kappa shape index (κ3) is 3.12. The molecule has 0 spiro atoms. The number of nitrogens with zero attached hydrogens (tertiary/aromatic N) is 3. The summed E-state index contributed by atoms with van der Waals surface area (Å²) in [6.45, 7) is 7.35. The van der Waals surface area contributed by atoms with Crippen molar-refractivity contribution in [2.75, 3.05) is 31.1 Å². The quantitative estimate of drug-likeness (QED) is 0.598. The molecule has 1 aliphatic rings. The number of hydrogen-bond donors (Lipinski definition) is 1. The summed E-state index contributed by atoms with van der Waals surface area (Å²) in [4.78, 5) is 13.6. The number of hydrogen-bond acceptors (Lipinski definition) is 4. The maximum atomic E-state index is 6.19. The standard InChI is InChI=1S/C23H24N4O/c1-2-20-24-21-18-10-6-7-11-19(18)28-22(21)23(25-20)27-14-12-26(13-15-27)16-17-8-4-3-5-9-17/h3-11H,2,12-16H2,1H3/p+1. The molecule has 0 unspecified atom stereocenters. The summed E-state index contributed by atoms with van der Waals surface area (Å²) in [6.07, 6.45) is 0.821. The molecule has 0 atom stereocenters. The van der Waals surface area contributed by atoms with E-state index in [-0.39, 0.29) is 0 Å². The summed E-state index contributed by atoms with van der Waals surface area (Å²) in [5, 5.41) is 1.07. The van der Waals surface area contributed by atoms with E-state index in [0.29, 0.717) is 0 Å². The van der Waals surface area contributed by atoms with Gasteiger partial charge in [0.2, 0.25) is 0 Å². The molecular weight excluding hydrogens is 348 g/mol. The molecule has 3 heterocycles. The minimum absolute atomic E-state index is 0.821. The van der Waals surface area contributed by atoms with Gasteiger partial charge < -0.3 is 14.2 Å². The molecule has 5 rings (SSSR count). The largest absolute Gasteiger partial charge is 0.450 e. The fourth-order valence-electron chi connectivity index (χ4n) is 4.09. The van der Waals surface area contributed by atoms with Crippen LogP contribution in [0.25, 0.3) is 22.1 Å². The molecule has 0 amide bonds. The zero-order valence-electron chi connectivity index (χ0n) is 16.2. The van der Waals surface area contributed by atoms with Crippen LogP contribution in [0.4, 0.5) is 5.82 Å². The lowest BCUT2D eigenvalue weighted by molar-refractivity contribution is -0.914. The van der Waals surface area contributed by atoms with Crippen LogP contribution in [0.5, 0.6) is 0 Å². The van der Waals surface area contributed by atoms with Crippen molar-refractivity contribution in [1.29, 1.82) is 0 Å². The number of nitrogens with one attached hydrogen (secondary N) is 1. The Morgan fingerprint density at radius 3 is 2.50 bits per heavy atom. The van der Waals surface area contributed by atoms with E-state index in [2.05, 4.69) is 48.2 Å². The van der Waals surface area contributed by atoms with Gasteiger partial charge in [0, 0.05) is 17.4 Å². The first-order valence-electron chi connectivity index (χ1n) is 10.1. The molecule has 1 saturated heterocycles. The Morgan fingerprint density at radius 2 is 1.71 bits per heavy atom. The number of aromatic nitrogens is 2. The topological polar surface area (TPSA) is 46.6 Å². The summed E-state index contributed by atoms with van der Waals surface area (Å²) in [5.74, 6) is 1.84. The summed E-state index contributed by atoms with van der Waals surface area (Å²) in [5.41, 5.74) is 4.05. The van der Waals surface area contributed by atoms with E-state index < -0.39 is 0 Å². The summed E-state index contributed by atoms with van der Waals surface area (Å²) in [7, 11) is 0. The van der Waals surface area contributed by atoms with Gasteiger partial charge >= 0.3 is 0 Å². The molecule has 1 N–H and O–H groups in total. The van der Waals surface area contributed by atoms with Crippen LogP contribution < -0.4 is 9.80 Å². The van der Waals surface area contributed by atoms with Crippen LogP contribution in [0.3, 0.4) is 0 Å². The van der Waals surface area contributed by atoms with Crippen LogP contribution in [-0.2, 0) is 13.0 Å².